The highest BCUT2D eigenvalue weighted by Gasteiger charge is 2.42. The number of anilines is 1. The highest BCUT2D eigenvalue weighted by atomic mass is 19.1. The number of carbonyl (C=O) groups excluding carboxylic acids is 1. The number of carbonyl (C=O) groups is 1. The van der Waals surface area contributed by atoms with E-state index in [0.717, 1.165) is 22.6 Å². The van der Waals surface area contributed by atoms with E-state index in [9.17, 15) is 9.18 Å². The van der Waals surface area contributed by atoms with Crippen LogP contribution in [0.5, 0.6) is 5.75 Å². The quantitative estimate of drug-likeness (QED) is 0.697. The molecular weight excluding hydrogens is 387 g/mol. The molecule has 0 fully saturated rings. The van der Waals surface area contributed by atoms with Gasteiger partial charge in [0.2, 0.25) is 11.5 Å². The van der Waals surface area contributed by atoms with Crippen LogP contribution in [-0.4, -0.2) is 33.9 Å². The fraction of sp³-hybridized carbons (Fsp3) is 0.227. The molecule has 0 unspecified atom stereocenters. The van der Waals surface area contributed by atoms with Crippen molar-refractivity contribution in [1.29, 1.82) is 0 Å². The van der Waals surface area contributed by atoms with E-state index in [1.807, 2.05) is 24.3 Å². The minimum Gasteiger partial charge on any atom is -0.497 e. The maximum absolute atomic E-state index is 13.2. The van der Waals surface area contributed by atoms with E-state index in [1.54, 1.807) is 44.0 Å². The van der Waals surface area contributed by atoms with Gasteiger partial charge in [0.05, 0.1) is 24.7 Å². The van der Waals surface area contributed by atoms with Crippen molar-refractivity contribution in [3.63, 3.8) is 0 Å². The van der Waals surface area contributed by atoms with Gasteiger partial charge in [0.15, 0.2) is 0 Å². The Labute approximate surface area is 173 Å². The predicted octanol–water partition coefficient (Wildman–Crippen LogP) is 3.76. The lowest BCUT2D eigenvalue weighted by atomic mass is 9.95. The van der Waals surface area contributed by atoms with Crippen LogP contribution in [0.3, 0.4) is 0 Å². The normalized spacial score (nSPS) is 17.9. The van der Waals surface area contributed by atoms with Gasteiger partial charge in [0.25, 0.3) is 5.91 Å². The van der Waals surface area contributed by atoms with Crippen molar-refractivity contribution in [2.45, 2.75) is 18.9 Å². The zero-order chi connectivity index (χ0) is 21.3. The summed E-state index contributed by atoms with van der Waals surface area (Å²) in [6, 6.07) is 13.5. The first-order valence-corrected chi connectivity index (χ1v) is 9.38. The number of oxime groups is 1. The Kier molecular flexibility index (Phi) is 4.99. The Hall–Kier alpha value is -3.68. The fourth-order valence-electron chi connectivity index (χ4n) is 3.25. The monoisotopic (exact) mass is 408 g/mol. The number of nitrogens with zero attached hydrogens (tertiary/aromatic N) is 3. The van der Waals surface area contributed by atoms with Crippen molar-refractivity contribution < 1.29 is 18.8 Å². The number of benzene rings is 2. The first-order chi connectivity index (χ1) is 14.4. The molecule has 3 aromatic rings. The first-order valence-electron chi connectivity index (χ1n) is 9.38. The van der Waals surface area contributed by atoms with Crippen molar-refractivity contribution in [3.8, 4) is 17.0 Å². The SMILES string of the molecule is COc1ccc(C2=NO[C@@](C)(C(=O)Nc3ncc(-c4ccc(F)cc4)n3C)C2)cc1. The van der Waals surface area contributed by atoms with Crippen molar-refractivity contribution >= 4 is 17.6 Å². The highest BCUT2D eigenvalue weighted by molar-refractivity contribution is 6.07. The topological polar surface area (TPSA) is 77.7 Å². The van der Waals surface area contributed by atoms with E-state index >= 15 is 0 Å². The summed E-state index contributed by atoms with van der Waals surface area (Å²) in [4.78, 5) is 22.7. The summed E-state index contributed by atoms with van der Waals surface area (Å²) < 4.78 is 20.1. The number of imidazole rings is 1. The lowest BCUT2D eigenvalue weighted by molar-refractivity contribution is -0.136. The highest BCUT2D eigenvalue weighted by Crippen LogP contribution is 2.29. The van der Waals surface area contributed by atoms with Gasteiger partial charge >= 0.3 is 0 Å². The Morgan fingerprint density at radius 2 is 1.83 bits per heavy atom. The summed E-state index contributed by atoms with van der Waals surface area (Å²) >= 11 is 0. The van der Waals surface area contributed by atoms with Gasteiger partial charge in [-0.2, -0.15) is 0 Å². The third-order valence-corrected chi connectivity index (χ3v) is 5.12. The lowest BCUT2D eigenvalue weighted by Gasteiger charge is -2.20. The molecular formula is C22H21FN4O3. The third-order valence-electron chi connectivity index (χ3n) is 5.12. The van der Waals surface area contributed by atoms with E-state index < -0.39 is 5.60 Å². The molecule has 0 saturated carbocycles. The Morgan fingerprint density at radius 1 is 1.17 bits per heavy atom. The van der Waals surface area contributed by atoms with Crippen molar-refractivity contribution in [2.75, 3.05) is 12.4 Å². The molecule has 1 N–H and O–H groups in total. The van der Waals surface area contributed by atoms with Gasteiger partial charge in [-0.05, 0) is 61.0 Å². The van der Waals surface area contributed by atoms with Crippen LogP contribution in [0, 0.1) is 5.82 Å². The largest absolute Gasteiger partial charge is 0.497 e. The van der Waals surface area contributed by atoms with Crippen LogP contribution in [-0.2, 0) is 16.7 Å². The summed E-state index contributed by atoms with van der Waals surface area (Å²) in [5.74, 6) is 0.440. The van der Waals surface area contributed by atoms with Gasteiger partial charge in [-0.1, -0.05) is 5.16 Å². The number of hydrogen-bond acceptors (Lipinski definition) is 5. The summed E-state index contributed by atoms with van der Waals surface area (Å²) in [6.45, 7) is 1.69. The van der Waals surface area contributed by atoms with Crippen molar-refractivity contribution in [3.05, 3.63) is 66.1 Å². The number of methoxy groups -OCH3 is 1. The molecule has 1 amide bonds. The minimum absolute atomic E-state index is 0.312. The fourth-order valence-corrected chi connectivity index (χ4v) is 3.25. The van der Waals surface area contributed by atoms with Crippen molar-refractivity contribution in [2.24, 2.45) is 12.2 Å². The molecule has 1 atom stereocenters. The molecule has 2 aromatic carbocycles. The molecule has 154 valence electrons. The van der Waals surface area contributed by atoms with E-state index in [-0.39, 0.29) is 11.7 Å². The number of aromatic nitrogens is 2. The second-order valence-electron chi connectivity index (χ2n) is 7.25. The van der Waals surface area contributed by atoms with Crippen LogP contribution in [0.25, 0.3) is 11.3 Å². The van der Waals surface area contributed by atoms with Gasteiger partial charge in [-0.25, -0.2) is 9.37 Å². The molecule has 0 spiro atoms. The van der Waals surface area contributed by atoms with Crippen LogP contribution in [0.1, 0.15) is 18.9 Å². The number of rotatable bonds is 5. The summed E-state index contributed by atoms with van der Waals surface area (Å²) in [6.07, 6.45) is 1.94. The molecule has 1 aromatic heterocycles. The molecule has 2 heterocycles. The predicted molar refractivity (Wildman–Crippen MR) is 111 cm³/mol. The lowest BCUT2D eigenvalue weighted by Crippen LogP contribution is -2.40. The average molecular weight is 408 g/mol. The molecule has 30 heavy (non-hydrogen) atoms. The number of nitrogens with one attached hydrogen (secondary N) is 1. The number of halogens is 1. The smallest absolute Gasteiger partial charge is 0.273 e. The molecule has 7 nitrogen and oxygen atoms in total. The molecule has 0 saturated heterocycles. The van der Waals surface area contributed by atoms with Gasteiger partial charge < -0.3 is 14.1 Å². The van der Waals surface area contributed by atoms with Crippen LogP contribution in [0.2, 0.25) is 0 Å². The molecule has 0 bridgehead atoms. The summed E-state index contributed by atoms with van der Waals surface area (Å²) in [5, 5.41) is 6.92. The minimum atomic E-state index is -1.16. The van der Waals surface area contributed by atoms with E-state index in [4.69, 9.17) is 9.57 Å². The van der Waals surface area contributed by atoms with E-state index in [1.165, 1.54) is 12.1 Å². The molecule has 8 heteroatoms. The maximum Gasteiger partial charge on any atom is 0.273 e. The first kappa shape index (κ1) is 19.6. The second-order valence-corrected chi connectivity index (χ2v) is 7.25. The molecule has 1 aliphatic heterocycles. The standard InChI is InChI=1S/C22H21FN4O3/c1-22(12-18(26-30-22)14-6-10-17(29-3)11-7-14)20(28)25-21-24-13-19(27(21)2)15-4-8-16(23)9-5-15/h4-11,13H,12H2,1-3H3,(H,24,25,28)/t22-/m1/s1. The summed E-state index contributed by atoms with van der Waals surface area (Å²) in [7, 11) is 3.38. The number of amides is 1. The molecule has 0 aliphatic carbocycles. The van der Waals surface area contributed by atoms with E-state index in [0.29, 0.717) is 18.1 Å². The zero-order valence-electron chi connectivity index (χ0n) is 16.8. The Balaban J connectivity index is 1.47. The van der Waals surface area contributed by atoms with Crippen LogP contribution >= 0.6 is 0 Å². The maximum atomic E-state index is 13.2. The molecule has 4 rings (SSSR count). The van der Waals surface area contributed by atoms with E-state index in [2.05, 4.69) is 15.5 Å². The Morgan fingerprint density at radius 3 is 2.50 bits per heavy atom. The third kappa shape index (κ3) is 3.63. The Bertz CT molecular complexity index is 1110. The average Bonchev–Trinajstić information content (AvgIpc) is 3.33. The van der Waals surface area contributed by atoms with Crippen LogP contribution < -0.4 is 10.1 Å². The van der Waals surface area contributed by atoms with Gasteiger partial charge in [0.1, 0.15) is 11.6 Å². The van der Waals surface area contributed by atoms with Gasteiger partial charge in [-0.3, -0.25) is 10.1 Å². The zero-order valence-corrected chi connectivity index (χ0v) is 16.8. The number of hydrogen-bond donors (Lipinski definition) is 1. The van der Waals surface area contributed by atoms with Crippen molar-refractivity contribution in [1.82, 2.24) is 9.55 Å². The summed E-state index contributed by atoms with van der Waals surface area (Å²) in [5.41, 5.74) is 1.93. The van der Waals surface area contributed by atoms with Crippen LogP contribution in [0.15, 0.2) is 59.9 Å². The second kappa shape index (κ2) is 7.62. The molecule has 0 radical (unpaired) electrons. The van der Waals surface area contributed by atoms with Crippen LogP contribution in [0.4, 0.5) is 10.3 Å². The van der Waals surface area contributed by atoms with Gasteiger partial charge in [-0.15, -0.1) is 0 Å². The molecule has 1 aliphatic rings. The number of ether oxygens (including phenoxy) is 1. The van der Waals surface area contributed by atoms with Gasteiger partial charge in [0, 0.05) is 19.0 Å².